The number of carbonyl (C=O) groups excluding carboxylic acids is 1. The van der Waals surface area contributed by atoms with Gasteiger partial charge in [0.05, 0.1) is 18.6 Å². The first-order valence-corrected chi connectivity index (χ1v) is 9.81. The van der Waals surface area contributed by atoms with E-state index in [4.69, 9.17) is 16.0 Å². The number of benzene rings is 1. The minimum atomic E-state index is -0.125. The Morgan fingerprint density at radius 1 is 1.32 bits per heavy atom. The van der Waals surface area contributed by atoms with Crippen LogP contribution in [0.25, 0.3) is 6.08 Å². The number of nitrogens with one attached hydrogen (secondary N) is 1. The van der Waals surface area contributed by atoms with Gasteiger partial charge >= 0.3 is 0 Å². The van der Waals surface area contributed by atoms with Crippen molar-refractivity contribution in [2.75, 3.05) is 31.1 Å². The fourth-order valence-electron chi connectivity index (χ4n) is 2.84. The highest BCUT2D eigenvalue weighted by Gasteiger charge is 2.23. The molecular weight excluding hydrogens is 356 g/mol. The lowest BCUT2D eigenvalue weighted by molar-refractivity contribution is -0.116. The van der Waals surface area contributed by atoms with Crippen molar-refractivity contribution in [3.8, 4) is 0 Å². The SMILES string of the molecule is O=C(/C=C/c1ccccc1Cl)NC[C@H](c1ccoc1)N1CCSCC1. The number of halogens is 1. The number of carbonyl (C=O) groups is 1. The second-order valence-electron chi connectivity index (χ2n) is 5.82. The average Bonchev–Trinajstić information content (AvgIpc) is 3.16. The van der Waals surface area contributed by atoms with Crippen LogP contribution in [-0.4, -0.2) is 41.9 Å². The molecule has 1 aliphatic heterocycles. The van der Waals surface area contributed by atoms with E-state index < -0.39 is 0 Å². The summed E-state index contributed by atoms with van der Waals surface area (Å²) in [4.78, 5) is 14.6. The molecule has 2 heterocycles. The summed E-state index contributed by atoms with van der Waals surface area (Å²) >= 11 is 8.07. The molecule has 0 unspecified atom stereocenters. The number of amides is 1. The Morgan fingerprint density at radius 2 is 2.12 bits per heavy atom. The molecule has 1 aromatic heterocycles. The molecule has 132 valence electrons. The summed E-state index contributed by atoms with van der Waals surface area (Å²) in [6, 6.07) is 9.56. The predicted octanol–water partition coefficient (Wildman–Crippen LogP) is 3.85. The van der Waals surface area contributed by atoms with E-state index >= 15 is 0 Å². The fourth-order valence-corrected chi connectivity index (χ4v) is 3.97. The topological polar surface area (TPSA) is 45.5 Å². The van der Waals surface area contributed by atoms with Crippen molar-refractivity contribution in [1.82, 2.24) is 10.2 Å². The number of hydrogen-bond donors (Lipinski definition) is 1. The molecule has 0 aliphatic carbocycles. The summed E-state index contributed by atoms with van der Waals surface area (Å²) in [7, 11) is 0. The average molecular weight is 377 g/mol. The lowest BCUT2D eigenvalue weighted by atomic mass is 10.1. The number of hydrogen-bond acceptors (Lipinski definition) is 4. The van der Waals surface area contributed by atoms with E-state index in [0.29, 0.717) is 11.6 Å². The Balaban J connectivity index is 1.60. The van der Waals surface area contributed by atoms with Gasteiger partial charge in [0.2, 0.25) is 5.91 Å². The van der Waals surface area contributed by atoms with E-state index in [0.717, 1.165) is 35.7 Å². The van der Waals surface area contributed by atoms with Gasteiger partial charge in [-0.05, 0) is 23.8 Å². The van der Waals surface area contributed by atoms with Crippen molar-refractivity contribution < 1.29 is 9.21 Å². The van der Waals surface area contributed by atoms with Crippen LogP contribution in [0.1, 0.15) is 17.2 Å². The molecule has 1 aromatic carbocycles. The fraction of sp³-hybridized carbons (Fsp3) is 0.316. The van der Waals surface area contributed by atoms with Gasteiger partial charge in [-0.25, -0.2) is 0 Å². The number of thioether (sulfide) groups is 1. The van der Waals surface area contributed by atoms with Crippen LogP contribution in [0, 0.1) is 0 Å². The molecule has 0 radical (unpaired) electrons. The maximum atomic E-state index is 12.2. The number of furan rings is 1. The lowest BCUT2D eigenvalue weighted by Crippen LogP contribution is -2.41. The zero-order chi connectivity index (χ0) is 17.5. The van der Waals surface area contributed by atoms with Gasteiger partial charge in [-0.2, -0.15) is 11.8 Å². The molecule has 1 atom stereocenters. The second kappa shape index (κ2) is 9.13. The third-order valence-corrected chi connectivity index (χ3v) is 5.49. The summed E-state index contributed by atoms with van der Waals surface area (Å²) in [5, 5.41) is 3.63. The van der Waals surface area contributed by atoms with Gasteiger partial charge < -0.3 is 9.73 Å². The Labute approximate surface area is 157 Å². The molecule has 1 amide bonds. The third-order valence-electron chi connectivity index (χ3n) is 4.20. The second-order valence-corrected chi connectivity index (χ2v) is 7.45. The molecule has 1 aliphatic rings. The molecule has 1 fully saturated rings. The van der Waals surface area contributed by atoms with Crippen LogP contribution < -0.4 is 5.32 Å². The van der Waals surface area contributed by atoms with Gasteiger partial charge in [0, 0.05) is 47.8 Å². The van der Waals surface area contributed by atoms with Crippen molar-refractivity contribution in [3.63, 3.8) is 0 Å². The van der Waals surface area contributed by atoms with Crippen LogP contribution in [0.4, 0.5) is 0 Å². The number of rotatable bonds is 6. The zero-order valence-corrected chi connectivity index (χ0v) is 15.4. The zero-order valence-electron chi connectivity index (χ0n) is 13.9. The summed E-state index contributed by atoms with van der Waals surface area (Å²) in [5.41, 5.74) is 1.93. The Hall–Kier alpha value is -1.69. The first-order valence-electron chi connectivity index (χ1n) is 8.28. The van der Waals surface area contributed by atoms with Gasteiger partial charge in [-0.15, -0.1) is 0 Å². The summed E-state index contributed by atoms with van der Waals surface area (Å²) in [6.07, 6.45) is 6.71. The summed E-state index contributed by atoms with van der Waals surface area (Å²) in [6.45, 7) is 2.59. The van der Waals surface area contributed by atoms with E-state index in [1.807, 2.05) is 42.1 Å². The minimum absolute atomic E-state index is 0.125. The van der Waals surface area contributed by atoms with Crippen LogP contribution >= 0.6 is 23.4 Å². The maximum absolute atomic E-state index is 12.2. The van der Waals surface area contributed by atoms with E-state index in [1.165, 1.54) is 6.08 Å². The molecule has 0 saturated carbocycles. The van der Waals surface area contributed by atoms with E-state index in [-0.39, 0.29) is 11.9 Å². The number of nitrogens with zero attached hydrogens (tertiary/aromatic N) is 1. The quantitative estimate of drug-likeness (QED) is 0.778. The van der Waals surface area contributed by atoms with Crippen molar-refractivity contribution in [3.05, 3.63) is 65.1 Å². The minimum Gasteiger partial charge on any atom is -0.472 e. The van der Waals surface area contributed by atoms with Crippen LogP contribution in [0.3, 0.4) is 0 Å². The molecule has 0 spiro atoms. The van der Waals surface area contributed by atoms with Gasteiger partial charge in [0.1, 0.15) is 0 Å². The molecule has 3 rings (SSSR count). The first kappa shape index (κ1) is 18.1. The third kappa shape index (κ3) is 5.14. The normalized spacial score (nSPS) is 16.8. The van der Waals surface area contributed by atoms with E-state index in [9.17, 15) is 4.79 Å². The van der Waals surface area contributed by atoms with E-state index in [2.05, 4.69) is 10.2 Å². The van der Waals surface area contributed by atoms with Gasteiger partial charge in [-0.3, -0.25) is 9.69 Å². The monoisotopic (exact) mass is 376 g/mol. The largest absolute Gasteiger partial charge is 0.472 e. The molecule has 1 N–H and O–H groups in total. The van der Waals surface area contributed by atoms with Gasteiger partial charge in [0.25, 0.3) is 0 Å². The highest BCUT2D eigenvalue weighted by molar-refractivity contribution is 7.99. The summed E-state index contributed by atoms with van der Waals surface area (Å²) in [5.74, 6) is 2.11. The molecule has 0 bridgehead atoms. The molecule has 25 heavy (non-hydrogen) atoms. The first-order chi connectivity index (χ1) is 12.2. The Bertz CT molecular complexity index is 712. The summed E-state index contributed by atoms with van der Waals surface area (Å²) < 4.78 is 5.24. The highest BCUT2D eigenvalue weighted by Crippen LogP contribution is 2.24. The van der Waals surface area contributed by atoms with Crippen molar-refractivity contribution in [2.45, 2.75) is 6.04 Å². The van der Waals surface area contributed by atoms with Crippen molar-refractivity contribution >= 4 is 35.3 Å². The lowest BCUT2D eigenvalue weighted by Gasteiger charge is -2.33. The molecule has 1 saturated heterocycles. The molecule has 2 aromatic rings. The van der Waals surface area contributed by atoms with Crippen molar-refractivity contribution in [1.29, 1.82) is 0 Å². The standard InChI is InChI=1S/C19H21ClN2O2S/c20-17-4-2-1-3-15(17)5-6-19(23)21-13-18(16-7-10-24-14-16)22-8-11-25-12-9-22/h1-7,10,14,18H,8-9,11-13H2,(H,21,23)/b6-5+/t18-/m1/s1. The highest BCUT2D eigenvalue weighted by atomic mass is 35.5. The maximum Gasteiger partial charge on any atom is 0.244 e. The van der Waals surface area contributed by atoms with Crippen LogP contribution in [0.15, 0.2) is 53.4 Å². The van der Waals surface area contributed by atoms with E-state index in [1.54, 1.807) is 18.6 Å². The van der Waals surface area contributed by atoms with Crippen molar-refractivity contribution in [2.24, 2.45) is 0 Å². The van der Waals surface area contributed by atoms with Crippen LogP contribution in [0.5, 0.6) is 0 Å². The smallest absolute Gasteiger partial charge is 0.244 e. The molecular formula is C19H21ClN2O2S. The van der Waals surface area contributed by atoms with Gasteiger partial charge in [-0.1, -0.05) is 29.8 Å². The predicted molar refractivity (Wildman–Crippen MR) is 104 cm³/mol. The Kier molecular flexibility index (Phi) is 6.62. The Morgan fingerprint density at radius 3 is 2.84 bits per heavy atom. The molecule has 6 heteroatoms. The van der Waals surface area contributed by atoms with Crippen LogP contribution in [-0.2, 0) is 4.79 Å². The van der Waals surface area contributed by atoms with Gasteiger partial charge in [0.15, 0.2) is 0 Å². The molecule has 4 nitrogen and oxygen atoms in total. The van der Waals surface area contributed by atoms with Crippen LogP contribution in [0.2, 0.25) is 5.02 Å².